The number of aryl methyl sites for hydroxylation is 1. The van der Waals surface area contributed by atoms with Gasteiger partial charge in [0.15, 0.2) is 0 Å². The molecule has 2 unspecified atom stereocenters. The number of carbonyl (C=O) groups excluding carboxylic acids is 2. The second kappa shape index (κ2) is 9.03. The lowest BCUT2D eigenvalue weighted by molar-refractivity contribution is -0.119. The highest BCUT2D eigenvalue weighted by Crippen LogP contribution is 2.47. The molecule has 1 saturated heterocycles. The minimum atomic E-state index is -0.462. The summed E-state index contributed by atoms with van der Waals surface area (Å²) in [6.45, 7) is 0.319. The molecule has 7 heteroatoms. The molecule has 2 aliphatic heterocycles. The number of urea groups is 1. The normalized spacial score (nSPS) is 20.6. The summed E-state index contributed by atoms with van der Waals surface area (Å²) in [5.41, 5.74) is 5.31. The number of rotatable bonds is 4. The number of carbonyl (C=O) groups is 2. The molecule has 0 bridgehead atoms. The number of imide groups is 1. The van der Waals surface area contributed by atoms with Crippen molar-refractivity contribution in [2.24, 2.45) is 0 Å². The molecule has 2 atom stereocenters. The highest BCUT2D eigenvalue weighted by atomic mass is 32.2. The van der Waals surface area contributed by atoms with Crippen LogP contribution in [0.25, 0.3) is 15.7 Å². The number of anilines is 1. The Morgan fingerprint density at radius 2 is 1.79 bits per heavy atom. The van der Waals surface area contributed by atoms with Gasteiger partial charge in [-0.05, 0) is 59.7 Å². The number of pyridine rings is 1. The second-order valence-electron chi connectivity index (χ2n) is 9.99. The zero-order valence-electron chi connectivity index (χ0n) is 20.6. The number of aromatic hydroxyl groups is 1. The number of thioether (sulfide) groups is 1. The van der Waals surface area contributed by atoms with Crippen LogP contribution in [0.5, 0.6) is 5.75 Å². The van der Waals surface area contributed by atoms with Crippen molar-refractivity contribution in [1.82, 2.24) is 9.88 Å². The van der Waals surface area contributed by atoms with Gasteiger partial charge in [0.2, 0.25) is 0 Å². The third-order valence-electron chi connectivity index (χ3n) is 7.74. The highest BCUT2D eigenvalue weighted by Gasteiger charge is 2.50. The predicted molar refractivity (Wildman–Crippen MR) is 150 cm³/mol. The van der Waals surface area contributed by atoms with Crippen molar-refractivity contribution in [2.75, 3.05) is 4.90 Å². The minimum absolute atomic E-state index is 0.173. The quantitative estimate of drug-likeness (QED) is 0.362. The molecule has 1 aliphatic carbocycles. The third-order valence-corrected chi connectivity index (χ3v) is 9.08. The van der Waals surface area contributed by atoms with E-state index in [9.17, 15) is 14.7 Å². The molecule has 7 rings (SSSR count). The fraction of sp³-hybridized carbons (Fsp3) is 0.194. The zero-order valence-corrected chi connectivity index (χ0v) is 21.4. The first kappa shape index (κ1) is 23.0. The van der Waals surface area contributed by atoms with Crippen LogP contribution in [-0.4, -0.2) is 38.2 Å². The van der Waals surface area contributed by atoms with Crippen molar-refractivity contribution in [2.45, 2.75) is 37.1 Å². The molecule has 3 amide bonds. The summed E-state index contributed by atoms with van der Waals surface area (Å²) in [6.07, 6.45) is 8.72. The van der Waals surface area contributed by atoms with Crippen molar-refractivity contribution >= 4 is 45.1 Å². The Morgan fingerprint density at radius 3 is 2.66 bits per heavy atom. The van der Waals surface area contributed by atoms with Gasteiger partial charge in [-0.1, -0.05) is 54.6 Å². The molecule has 4 aromatic rings. The van der Waals surface area contributed by atoms with Crippen molar-refractivity contribution in [3.63, 3.8) is 0 Å². The Labute approximate surface area is 224 Å². The van der Waals surface area contributed by atoms with Crippen LogP contribution in [-0.2, 0) is 24.2 Å². The maximum Gasteiger partial charge on any atom is 0.332 e. The van der Waals surface area contributed by atoms with Crippen LogP contribution < -0.4 is 4.90 Å². The van der Waals surface area contributed by atoms with E-state index in [0.717, 1.165) is 40.5 Å². The Balaban J connectivity index is 1.33. The summed E-state index contributed by atoms with van der Waals surface area (Å²) in [5.74, 6) is -0.0456. The summed E-state index contributed by atoms with van der Waals surface area (Å²) in [7, 11) is 0. The third kappa shape index (κ3) is 3.69. The minimum Gasteiger partial charge on any atom is -0.508 e. The van der Waals surface area contributed by atoms with E-state index in [-0.39, 0.29) is 23.7 Å². The van der Waals surface area contributed by atoms with E-state index in [4.69, 9.17) is 0 Å². The number of amides is 3. The first-order valence-electron chi connectivity index (χ1n) is 12.8. The first-order valence-corrected chi connectivity index (χ1v) is 13.7. The number of benzene rings is 3. The summed E-state index contributed by atoms with van der Waals surface area (Å²) >= 11 is 1.56. The van der Waals surface area contributed by atoms with Gasteiger partial charge in [-0.25, -0.2) is 9.69 Å². The molecule has 0 radical (unpaired) electrons. The molecular weight excluding hydrogens is 494 g/mol. The fourth-order valence-electron chi connectivity index (χ4n) is 5.89. The average molecular weight is 520 g/mol. The largest absolute Gasteiger partial charge is 0.508 e. The van der Waals surface area contributed by atoms with Crippen LogP contribution in [0, 0.1) is 0 Å². The first-order chi connectivity index (χ1) is 18.6. The Bertz CT molecular complexity index is 1630. The molecule has 1 aromatic heterocycles. The van der Waals surface area contributed by atoms with Gasteiger partial charge in [0.05, 0.1) is 17.9 Å². The maximum atomic E-state index is 14.1. The van der Waals surface area contributed by atoms with E-state index in [1.807, 2.05) is 36.4 Å². The van der Waals surface area contributed by atoms with Crippen LogP contribution in [0.2, 0.25) is 0 Å². The number of fused-ring (bicyclic) bond motifs is 3. The Morgan fingerprint density at radius 1 is 0.947 bits per heavy atom. The lowest BCUT2D eigenvalue weighted by Crippen LogP contribution is -2.61. The lowest BCUT2D eigenvalue weighted by atomic mass is 10.00. The number of phenolic OH excluding ortho intramolecular Hbond substituents is 1. The maximum absolute atomic E-state index is 14.1. The van der Waals surface area contributed by atoms with E-state index in [0.29, 0.717) is 12.2 Å². The molecule has 38 heavy (non-hydrogen) atoms. The van der Waals surface area contributed by atoms with Crippen molar-refractivity contribution in [1.29, 1.82) is 0 Å². The highest BCUT2D eigenvalue weighted by molar-refractivity contribution is 8.09. The van der Waals surface area contributed by atoms with E-state index in [1.54, 1.807) is 41.2 Å². The molecule has 0 saturated carbocycles. The second-order valence-corrected chi connectivity index (χ2v) is 11.2. The van der Waals surface area contributed by atoms with Crippen LogP contribution >= 0.6 is 11.8 Å². The molecule has 188 valence electrons. The van der Waals surface area contributed by atoms with Crippen LogP contribution in [0.3, 0.4) is 0 Å². The Hall–Kier alpha value is -4.10. The number of aromatic nitrogens is 1. The lowest BCUT2D eigenvalue weighted by Gasteiger charge is -2.41. The van der Waals surface area contributed by atoms with Crippen LogP contribution in [0.15, 0.2) is 85.2 Å². The summed E-state index contributed by atoms with van der Waals surface area (Å²) in [5, 5.41) is 11.0. The molecule has 6 nitrogen and oxygen atoms in total. The van der Waals surface area contributed by atoms with E-state index in [1.165, 1.54) is 21.6 Å². The average Bonchev–Trinajstić information content (AvgIpc) is 3.60. The van der Waals surface area contributed by atoms with Gasteiger partial charge in [0, 0.05) is 28.4 Å². The van der Waals surface area contributed by atoms with Gasteiger partial charge >= 0.3 is 6.03 Å². The molecule has 3 aliphatic rings. The van der Waals surface area contributed by atoms with E-state index >= 15 is 0 Å². The van der Waals surface area contributed by atoms with Crippen LogP contribution in [0.4, 0.5) is 10.5 Å². The predicted octanol–water partition coefficient (Wildman–Crippen LogP) is 5.92. The van der Waals surface area contributed by atoms with Gasteiger partial charge < -0.3 is 10.0 Å². The molecule has 0 spiro atoms. The smallest absolute Gasteiger partial charge is 0.332 e. The molecule has 1 N–H and O–H groups in total. The molecule has 3 aromatic carbocycles. The summed E-state index contributed by atoms with van der Waals surface area (Å²) in [6, 6.07) is 20.2. The van der Waals surface area contributed by atoms with Gasteiger partial charge in [0.1, 0.15) is 11.0 Å². The summed E-state index contributed by atoms with van der Waals surface area (Å²) in [4.78, 5) is 36.7. The molecule has 3 heterocycles. The number of nitrogens with zero attached hydrogens (tertiary/aromatic N) is 3. The van der Waals surface area contributed by atoms with Gasteiger partial charge in [-0.15, -0.1) is 11.8 Å². The molecular formula is C31H25N3O3S. The monoisotopic (exact) mass is 519 g/mol. The van der Waals surface area contributed by atoms with Gasteiger partial charge in [-0.2, -0.15) is 0 Å². The number of hydrogen-bond donors (Lipinski definition) is 1. The van der Waals surface area contributed by atoms with Crippen molar-refractivity contribution in [3.05, 3.63) is 107 Å². The summed E-state index contributed by atoms with van der Waals surface area (Å²) < 4.78 is 0. The number of phenols is 1. The van der Waals surface area contributed by atoms with Crippen LogP contribution in [0.1, 0.15) is 28.7 Å². The van der Waals surface area contributed by atoms with E-state index < -0.39 is 5.25 Å². The van der Waals surface area contributed by atoms with Crippen molar-refractivity contribution in [3.8, 4) is 5.75 Å². The van der Waals surface area contributed by atoms with Gasteiger partial charge in [-0.3, -0.25) is 9.78 Å². The van der Waals surface area contributed by atoms with E-state index in [2.05, 4.69) is 29.3 Å². The zero-order chi connectivity index (χ0) is 25.8. The standard InChI is InChI=1S/C31H25N3O3S/c35-22-13-11-19(12-14-22)18-33-26-15-28(25-10-4-7-20-6-3-9-23(20)25)38-29(26)30(36)34(31(33)37)27-17-32-16-21-5-1-2-8-24(21)27/h1-2,4-5,7-8,10-17,26,29,35H,3,6,9,18H2. The van der Waals surface area contributed by atoms with Gasteiger partial charge in [0.25, 0.3) is 5.91 Å². The number of hydrogen-bond acceptors (Lipinski definition) is 5. The Kier molecular flexibility index (Phi) is 5.48. The van der Waals surface area contributed by atoms with Crippen molar-refractivity contribution < 1.29 is 14.7 Å². The molecule has 1 fully saturated rings. The fourth-order valence-corrected chi connectivity index (χ4v) is 7.27. The SMILES string of the molecule is O=C1C2SC(c3cccc4c3CCC4)=CC2N(Cc2ccc(O)cc2)C(=O)N1c1cncc2ccccc12. The topological polar surface area (TPSA) is 73.7 Å².